The molecule has 1 atom stereocenters. The highest BCUT2D eigenvalue weighted by atomic mass is 19.1. The molecule has 0 radical (unpaired) electrons. The molecular formula is C16H18FNO3. The van der Waals surface area contributed by atoms with Crippen LogP contribution in [-0.2, 0) is 6.61 Å². The normalized spacial score (nSPS) is 12.0. The largest absolute Gasteiger partial charge is 0.486 e. The summed E-state index contributed by atoms with van der Waals surface area (Å²) in [4.78, 5) is 11.9. The zero-order chi connectivity index (χ0) is 15.2. The van der Waals surface area contributed by atoms with Crippen LogP contribution in [0.5, 0.6) is 5.75 Å². The highest BCUT2D eigenvalue weighted by Gasteiger charge is 2.13. The molecule has 0 aliphatic carbocycles. The van der Waals surface area contributed by atoms with Crippen molar-refractivity contribution in [1.82, 2.24) is 5.32 Å². The minimum Gasteiger partial charge on any atom is -0.486 e. The Morgan fingerprint density at radius 2 is 2.00 bits per heavy atom. The van der Waals surface area contributed by atoms with Gasteiger partial charge in [-0.2, -0.15) is 0 Å². The summed E-state index contributed by atoms with van der Waals surface area (Å²) in [6.45, 7) is 4.11. The van der Waals surface area contributed by atoms with E-state index in [0.29, 0.717) is 11.5 Å². The van der Waals surface area contributed by atoms with Gasteiger partial charge < -0.3 is 14.5 Å². The fourth-order valence-corrected chi connectivity index (χ4v) is 1.66. The molecule has 4 nitrogen and oxygen atoms in total. The lowest BCUT2D eigenvalue weighted by Gasteiger charge is -2.09. The Bertz CT molecular complexity index is 592. The quantitative estimate of drug-likeness (QED) is 0.886. The molecule has 1 aromatic heterocycles. The summed E-state index contributed by atoms with van der Waals surface area (Å²) in [5.41, 5.74) is 0. The maximum atomic E-state index is 12.8. The second-order valence-electron chi connectivity index (χ2n) is 4.79. The average Bonchev–Trinajstić information content (AvgIpc) is 2.95. The molecule has 0 aliphatic heterocycles. The van der Waals surface area contributed by atoms with Gasteiger partial charge in [0.1, 0.15) is 23.9 Å². The van der Waals surface area contributed by atoms with Crippen LogP contribution in [0, 0.1) is 5.82 Å². The average molecular weight is 291 g/mol. The number of nitrogens with one attached hydrogen (secondary N) is 1. The molecule has 1 amide bonds. The van der Waals surface area contributed by atoms with Gasteiger partial charge in [0, 0.05) is 6.04 Å². The third-order valence-electron chi connectivity index (χ3n) is 3.07. The lowest BCUT2D eigenvalue weighted by molar-refractivity contribution is 0.0907. The van der Waals surface area contributed by atoms with E-state index in [2.05, 4.69) is 5.32 Å². The number of benzene rings is 1. The minimum atomic E-state index is -0.315. The van der Waals surface area contributed by atoms with Crippen LogP contribution < -0.4 is 10.1 Å². The Morgan fingerprint density at radius 1 is 1.29 bits per heavy atom. The predicted octanol–water partition coefficient (Wildman–Crippen LogP) is 3.53. The number of carbonyl (C=O) groups excluding carboxylic acids is 1. The molecule has 0 fully saturated rings. The van der Waals surface area contributed by atoms with E-state index >= 15 is 0 Å². The maximum Gasteiger partial charge on any atom is 0.287 e. The fraction of sp³-hybridized carbons (Fsp3) is 0.312. The van der Waals surface area contributed by atoms with Gasteiger partial charge in [-0.3, -0.25) is 4.79 Å². The predicted molar refractivity (Wildman–Crippen MR) is 76.7 cm³/mol. The summed E-state index contributed by atoms with van der Waals surface area (Å²) in [6.07, 6.45) is 0.854. The van der Waals surface area contributed by atoms with Gasteiger partial charge in [-0.15, -0.1) is 0 Å². The van der Waals surface area contributed by atoms with E-state index in [9.17, 15) is 9.18 Å². The monoisotopic (exact) mass is 291 g/mol. The SMILES string of the molecule is CC[C@@H](C)NC(=O)c1ccc(COc2ccc(F)cc2)o1. The molecule has 5 heteroatoms. The van der Waals surface area contributed by atoms with Crippen LogP contribution >= 0.6 is 0 Å². The van der Waals surface area contributed by atoms with E-state index in [1.54, 1.807) is 12.1 Å². The van der Waals surface area contributed by atoms with Crippen LogP contribution in [0.15, 0.2) is 40.8 Å². The second-order valence-corrected chi connectivity index (χ2v) is 4.79. The van der Waals surface area contributed by atoms with Gasteiger partial charge in [-0.05, 0) is 49.7 Å². The van der Waals surface area contributed by atoms with Crippen molar-refractivity contribution in [2.75, 3.05) is 0 Å². The molecule has 0 spiro atoms. The van der Waals surface area contributed by atoms with Crippen LogP contribution in [0.25, 0.3) is 0 Å². The Labute approximate surface area is 122 Å². The Morgan fingerprint density at radius 3 is 2.67 bits per heavy atom. The van der Waals surface area contributed by atoms with Crippen molar-refractivity contribution >= 4 is 5.91 Å². The summed E-state index contributed by atoms with van der Waals surface area (Å²) in [6, 6.07) is 9.12. The number of hydrogen-bond acceptors (Lipinski definition) is 3. The van der Waals surface area contributed by atoms with Gasteiger partial charge in [-0.25, -0.2) is 4.39 Å². The lowest BCUT2D eigenvalue weighted by atomic mass is 10.2. The molecule has 112 valence electrons. The number of carbonyl (C=O) groups is 1. The van der Waals surface area contributed by atoms with Crippen LogP contribution in [0.2, 0.25) is 0 Å². The second kappa shape index (κ2) is 6.92. The molecule has 0 aliphatic rings. The molecule has 2 aromatic rings. The summed E-state index contributed by atoms with van der Waals surface area (Å²) in [5.74, 6) is 0.779. The van der Waals surface area contributed by atoms with Crippen LogP contribution in [0.4, 0.5) is 4.39 Å². The first-order valence-corrected chi connectivity index (χ1v) is 6.86. The number of hydrogen-bond donors (Lipinski definition) is 1. The number of ether oxygens (including phenoxy) is 1. The molecule has 0 saturated carbocycles. The van der Waals surface area contributed by atoms with Gasteiger partial charge in [-0.1, -0.05) is 6.92 Å². The van der Waals surface area contributed by atoms with E-state index in [0.717, 1.165) is 6.42 Å². The van der Waals surface area contributed by atoms with E-state index < -0.39 is 0 Å². The lowest BCUT2D eigenvalue weighted by Crippen LogP contribution is -2.31. The number of halogens is 1. The highest BCUT2D eigenvalue weighted by molar-refractivity contribution is 5.91. The smallest absolute Gasteiger partial charge is 0.287 e. The molecule has 0 saturated heterocycles. The number of furan rings is 1. The Hall–Kier alpha value is -2.30. The first-order valence-electron chi connectivity index (χ1n) is 6.86. The van der Waals surface area contributed by atoms with Gasteiger partial charge in [0.05, 0.1) is 0 Å². The maximum absolute atomic E-state index is 12.8. The first kappa shape index (κ1) is 15.1. The van der Waals surface area contributed by atoms with Crippen molar-refractivity contribution in [1.29, 1.82) is 0 Å². The van der Waals surface area contributed by atoms with Crippen molar-refractivity contribution < 1.29 is 18.3 Å². The summed E-state index contributed by atoms with van der Waals surface area (Å²) < 4.78 is 23.6. The Balaban J connectivity index is 1.91. The first-order chi connectivity index (χ1) is 10.1. The topological polar surface area (TPSA) is 51.5 Å². The number of rotatable bonds is 6. The molecular weight excluding hydrogens is 273 g/mol. The molecule has 1 aromatic carbocycles. The number of amides is 1. The third kappa shape index (κ3) is 4.34. The third-order valence-corrected chi connectivity index (χ3v) is 3.07. The van der Waals surface area contributed by atoms with Crippen molar-refractivity contribution in [2.45, 2.75) is 32.9 Å². The van der Waals surface area contributed by atoms with Crippen LogP contribution in [0.1, 0.15) is 36.6 Å². The van der Waals surface area contributed by atoms with Crippen molar-refractivity contribution in [3.8, 4) is 5.75 Å². The van der Waals surface area contributed by atoms with Gasteiger partial charge in [0.2, 0.25) is 0 Å². The van der Waals surface area contributed by atoms with Crippen molar-refractivity contribution in [3.63, 3.8) is 0 Å². The zero-order valence-corrected chi connectivity index (χ0v) is 12.1. The fourth-order valence-electron chi connectivity index (χ4n) is 1.66. The molecule has 0 unspecified atom stereocenters. The van der Waals surface area contributed by atoms with E-state index in [4.69, 9.17) is 9.15 Å². The minimum absolute atomic E-state index is 0.0986. The standard InChI is InChI=1S/C16H18FNO3/c1-3-11(2)18-16(19)15-9-8-14(21-15)10-20-13-6-4-12(17)5-7-13/h4-9,11H,3,10H2,1-2H3,(H,18,19)/t11-/m1/s1. The Kier molecular flexibility index (Phi) is 4.98. The van der Waals surface area contributed by atoms with Crippen molar-refractivity contribution in [3.05, 3.63) is 53.7 Å². The zero-order valence-electron chi connectivity index (χ0n) is 12.1. The molecule has 1 N–H and O–H groups in total. The summed E-state index contributed by atoms with van der Waals surface area (Å²) >= 11 is 0. The van der Waals surface area contributed by atoms with E-state index in [-0.39, 0.29) is 30.1 Å². The van der Waals surface area contributed by atoms with Crippen LogP contribution in [0.3, 0.4) is 0 Å². The molecule has 1 heterocycles. The van der Waals surface area contributed by atoms with Gasteiger partial charge >= 0.3 is 0 Å². The molecule has 21 heavy (non-hydrogen) atoms. The van der Waals surface area contributed by atoms with Crippen molar-refractivity contribution in [2.24, 2.45) is 0 Å². The summed E-state index contributed by atoms with van der Waals surface area (Å²) in [7, 11) is 0. The van der Waals surface area contributed by atoms with Gasteiger partial charge in [0.15, 0.2) is 5.76 Å². The van der Waals surface area contributed by atoms with E-state index in [1.165, 1.54) is 24.3 Å². The molecule has 2 rings (SSSR count). The van der Waals surface area contributed by atoms with Gasteiger partial charge in [0.25, 0.3) is 5.91 Å². The van der Waals surface area contributed by atoms with E-state index in [1.807, 2.05) is 13.8 Å². The summed E-state index contributed by atoms with van der Waals surface area (Å²) in [5, 5.41) is 2.82. The highest BCUT2D eigenvalue weighted by Crippen LogP contribution is 2.15. The molecule has 0 bridgehead atoms. The van der Waals surface area contributed by atoms with Crippen LogP contribution in [-0.4, -0.2) is 11.9 Å².